The molecule has 3 rings (SSSR count). The van der Waals surface area contributed by atoms with E-state index in [1.807, 2.05) is 18.2 Å². The van der Waals surface area contributed by atoms with E-state index >= 15 is 0 Å². The normalized spacial score (nSPS) is 15.5. The number of rotatable bonds is 7. The van der Waals surface area contributed by atoms with Gasteiger partial charge < -0.3 is 20.5 Å². The van der Waals surface area contributed by atoms with Gasteiger partial charge in [0, 0.05) is 12.2 Å². The number of aliphatic hydroxyl groups is 1. The maximum atomic E-state index is 12.3. The summed E-state index contributed by atoms with van der Waals surface area (Å²) >= 11 is 0. The molecule has 0 bridgehead atoms. The monoisotopic (exact) mass is 368 g/mol. The number of benzene rings is 2. The smallest absolute Gasteiger partial charge is 0.340 e. The summed E-state index contributed by atoms with van der Waals surface area (Å²) in [5, 5.41) is 14.8. The van der Waals surface area contributed by atoms with Gasteiger partial charge >= 0.3 is 5.97 Å². The van der Waals surface area contributed by atoms with Gasteiger partial charge in [-0.15, -0.1) is 0 Å². The van der Waals surface area contributed by atoms with Gasteiger partial charge in [-0.25, -0.2) is 4.79 Å². The van der Waals surface area contributed by atoms with Gasteiger partial charge in [0.05, 0.1) is 18.2 Å². The molecule has 0 heterocycles. The second-order valence-corrected chi connectivity index (χ2v) is 6.48. The zero-order valence-corrected chi connectivity index (χ0v) is 15.1. The predicted octanol–water partition coefficient (Wildman–Crippen LogP) is 2.44. The van der Waals surface area contributed by atoms with Crippen molar-refractivity contribution in [3.63, 3.8) is 0 Å². The summed E-state index contributed by atoms with van der Waals surface area (Å²) in [7, 11) is 0. The fourth-order valence-electron chi connectivity index (χ4n) is 3.35. The van der Waals surface area contributed by atoms with Crippen LogP contribution >= 0.6 is 0 Å². The molecule has 0 fully saturated rings. The topological polar surface area (TPSA) is 87.7 Å². The van der Waals surface area contributed by atoms with Crippen LogP contribution in [0, 0.1) is 0 Å². The number of aryl methyl sites for hydroxylation is 1. The third kappa shape index (κ3) is 4.86. The molecule has 6 nitrogen and oxygen atoms in total. The summed E-state index contributed by atoms with van der Waals surface area (Å²) in [6.45, 7) is -0.0493. The summed E-state index contributed by atoms with van der Waals surface area (Å²) in [5.41, 5.74) is 3.30. The third-order valence-corrected chi connectivity index (χ3v) is 4.61. The van der Waals surface area contributed by atoms with Gasteiger partial charge in [0.25, 0.3) is 5.91 Å². The average molecular weight is 368 g/mol. The lowest BCUT2D eigenvalue weighted by molar-refractivity contribution is -0.125. The minimum absolute atomic E-state index is 0.0420. The van der Waals surface area contributed by atoms with E-state index < -0.39 is 5.97 Å². The minimum atomic E-state index is -0.574. The molecule has 1 unspecified atom stereocenters. The van der Waals surface area contributed by atoms with E-state index in [0.717, 1.165) is 24.8 Å². The standard InChI is InChI=1S/C21H24N2O4/c24-13-12-22-18-10-4-3-9-17(18)21(26)27-14-20(25)23-19-11-5-7-15-6-1-2-8-16(15)19/h1-4,6,8-10,19,22,24H,5,7,11-14H2,(H,23,25). The molecule has 1 aliphatic carbocycles. The largest absolute Gasteiger partial charge is 0.452 e. The molecular formula is C21H24N2O4. The molecule has 142 valence electrons. The highest BCUT2D eigenvalue weighted by Gasteiger charge is 2.22. The van der Waals surface area contributed by atoms with Crippen molar-refractivity contribution in [2.75, 3.05) is 25.1 Å². The average Bonchev–Trinajstić information content (AvgIpc) is 2.71. The van der Waals surface area contributed by atoms with Crippen molar-refractivity contribution >= 4 is 17.6 Å². The van der Waals surface area contributed by atoms with Gasteiger partial charge in [-0.3, -0.25) is 4.79 Å². The molecule has 1 amide bonds. The zero-order valence-electron chi connectivity index (χ0n) is 15.1. The summed E-state index contributed by atoms with van der Waals surface area (Å²) in [5.74, 6) is -0.888. The van der Waals surface area contributed by atoms with Crippen LogP contribution < -0.4 is 10.6 Å². The van der Waals surface area contributed by atoms with Crippen molar-refractivity contribution in [1.82, 2.24) is 5.32 Å². The fourth-order valence-corrected chi connectivity index (χ4v) is 3.35. The molecule has 0 aromatic heterocycles. The Morgan fingerprint density at radius 1 is 1.11 bits per heavy atom. The summed E-state index contributed by atoms with van der Waals surface area (Å²) in [6, 6.07) is 14.9. The molecule has 0 radical (unpaired) electrons. The van der Waals surface area contributed by atoms with Gasteiger partial charge in [0.1, 0.15) is 0 Å². The Kier molecular flexibility index (Phi) is 6.44. The predicted molar refractivity (Wildman–Crippen MR) is 103 cm³/mol. The number of fused-ring (bicyclic) bond motifs is 1. The van der Waals surface area contributed by atoms with Crippen molar-refractivity contribution in [2.24, 2.45) is 0 Å². The number of ether oxygens (including phenoxy) is 1. The highest BCUT2D eigenvalue weighted by Crippen LogP contribution is 2.29. The van der Waals surface area contributed by atoms with E-state index in [1.54, 1.807) is 24.3 Å². The summed E-state index contributed by atoms with van der Waals surface area (Å²) < 4.78 is 5.19. The molecule has 2 aromatic carbocycles. The van der Waals surface area contributed by atoms with Gasteiger partial charge in [-0.05, 0) is 42.5 Å². The number of hydrogen-bond donors (Lipinski definition) is 3. The molecular weight excluding hydrogens is 344 g/mol. The fraction of sp³-hybridized carbons (Fsp3) is 0.333. The summed E-state index contributed by atoms with van der Waals surface area (Å²) in [4.78, 5) is 24.6. The first-order chi connectivity index (χ1) is 13.2. The van der Waals surface area contributed by atoms with E-state index in [-0.39, 0.29) is 25.2 Å². The molecule has 0 spiro atoms. The second-order valence-electron chi connectivity index (χ2n) is 6.48. The van der Waals surface area contributed by atoms with Crippen molar-refractivity contribution in [3.8, 4) is 0 Å². The van der Waals surface area contributed by atoms with Crippen molar-refractivity contribution < 1.29 is 19.4 Å². The first-order valence-corrected chi connectivity index (χ1v) is 9.17. The van der Waals surface area contributed by atoms with Gasteiger partial charge in [-0.1, -0.05) is 36.4 Å². The number of esters is 1. The van der Waals surface area contributed by atoms with E-state index in [4.69, 9.17) is 9.84 Å². The Morgan fingerprint density at radius 2 is 1.89 bits per heavy atom. The van der Waals surface area contributed by atoms with Crippen molar-refractivity contribution in [3.05, 3.63) is 65.2 Å². The molecule has 27 heavy (non-hydrogen) atoms. The number of aliphatic hydroxyl groups excluding tert-OH is 1. The van der Waals surface area contributed by atoms with E-state index in [0.29, 0.717) is 17.8 Å². The van der Waals surface area contributed by atoms with E-state index in [1.165, 1.54) is 5.56 Å². The molecule has 0 saturated carbocycles. The molecule has 1 atom stereocenters. The number of hydrogen-bond acceptors (Lipinski definition) is 5. The third-order valence-electron chi connectivity index (χ3n) is 4.61. The Balaban J connectivity index is 1.56. The highest BCUT2D eigenvalue weighted by molar-refractivity contribution is 5.96. The van der Waals surface area contributed by atoms with Crippen LogP contribution in [0.25, 0.3) is 0 Å². The van der Waals surface area contributed by atoms with Crippen LogP contribution in [0.15, 0.2) is 48.5 Å². The van der Waals surface area contributed by atoms with Crippen LogP contribution in [0.2, 0.25) is 0 Å². The SMILES string of the molecule is O=C(COC(=O)c1ccccc1NCCO)NC1CCCc2ccccc21. The number of carbonyl (C=O) groups is 2. The van der Waals surface area contributed by atoms with Crippen LogP contribution in [-0.2, 0) is 16.0 Å². The van der Waals surface area contributed by atoms with Crippen LogP contribution in [0.5, 0.6) is 0 Å². The second kappa shape index (κ2) is 9.19. The number of nitrogens with one attached hydrogen (secondary N) is 2. The molecule has 1 aliphatic rings. The Hall–Kier alpha value is -2.86. The van der Waals surface area contributed by atoms with Crippen LogP contribution in [0.4, 0.5) is 5.69 Å². The lowest BCUT2D eigenvalue weighted by Gasteiger charge is -2.26. The zero-order chi connectivity index (χ0) is 19.1. The van der Waals surface area contributed by atoms with Crippen molar-refractivity contribution in [2.45, 2.75) is 25.3 Å². The lowest BCUT2D eigenvalue weighted by Crippen LogP contribution is -2.34. The number of amides is 1. The molecule has 2 aromatic rings. The summed E-state index contributed by atoms with van der Waals surface area (Å²) in [6.07, 6.45) is 2.92. The number of anilines is 1. The Morgan fingerprint density at radius 3 is 2.74 bits per heavy atom. The number of para-hydroxylation sites is 1. The lowest BCUT2D eigenvalue weighted by atomic mass is 9.88. The molecule has 6 heteroatoms. The first-order valence-electron chi connectivity index (χ1n) is 9.17. The van der Waals surface area contributed by atoms with Gasteiger partial charge in [0.15, 0.2) is 6.61 Å². The van der Waals surface area contributed by atoms with E-state index in [9.17, 15) is 9.59 Å². The maximum Gasteiger partial charge on any atom is 0.340 e. The van der Waals surface area contributed by atoms with Gasteiger partial charge in [-0.2, -0.15) is 0 Å². The first kappa shape index (κ1) is 18.9. The molecule has 0 saturated heterocycles. The van der Waals surface area contributed by atoms with E-state index in [2.05, 4.69) is 16.7 Å². The Labute approximate surface area is 158 Å². The minimum Gasteiger partial charge on any atom is -0.452 e. The van der Waals surface area contributed by atoms with Gasteiger partial charge in [0.2, 0.25) is 0 Å². The maximum absolute atomic E-state index is 12.3. The van der Waals surface area contributed by atoms with Crippen molar-refractivity contribution in [1.29, 1.82) is 0 Å². The number of carbonyl (C=O) groups excluding carboxylic acids is 2. The molecule has 3 N–H and O–H groups in total. The Bertz CT molecular complexity index is 806. The molecule has 0 aliphatic heterocycles. The van der Waals surface area contributed by atoms with Crippen LogP contribution in [-0.4, -0.2) is 36.7 Å². The highest BCUT2D eigenvalue weighted by atomic mass is 16.5. The van der Waals surface area contributed by atoms with Crippen LogP contribution in [0.1, 0.15) is 40.4 Å². The quantitative estimate of drug-likeness (QED) is 0.654. The van der Waals surface area contributed by atoms with Crippen LogP contribution in [0.3, 0.4) is 0 Å².